The van der Waals surface area contributed by atoms with Crippen LogP contribution in [0.2, 0.25) is 0 Å². The summed E-state index contributed by atoms with van der Waals surface area (Å²) in [6.45, 7) is 0.303. The number of hydrogen-bond acceptors (Lipinski definition) is 5. The van der Waals surface area contributed by atoms with Crippen molar-refractivity contribution in [1.82, 2.24) is 20.2 Å². The number of phenolic OH excluding ortho intramolecular Hbond substituents is 1. The van der Waals surface area contributed by atoms with Crippen LogP contribution in [-0.2, 0) is 12.7 Å². The molecular weight excluding hydrogens is 335 g/mol. The molecule has 25 heavy (non-hydrogen) atoms. The van der Waals surface area contributed by atoms with Gasteiger partial charge >= 0.3 is 6.18 Å². The number of hydrogen-bond donors (Lipinski definition) is 1. The zero-order chi connectivity index (χ0) is 18.0. The number of aromatic hydroxyl groups is 1. The Kier molecular flexibility index (Phi) is 4.30. The predicted octanol–water partition coefficient (Wildman–Crippen LogP) is 3.02. The van der Waals surface area contributed by atoms with Crippen LogP contribution >= 0.6 is 0 Å². The third kappa shape index (κ3) is 3.70. The second-order valence-electron chi connectivity index (χ2n) is 5.43. The highest BCUT2D eigenvalue weighted by molar-refractivity contribution is 5.49. The first-order valence-corrected chi connectivity index (χ1v) is 7.29. The number of benzene rings is 2. The van der Waals surface area contributed by atoms with E-state index >= 15 is 0 Å². The van der Waals surface area contributed by atoms with Gasteiger partial charge in [-0.15, -0.1) is 5.10 Å². The number of alkyl halides is 3. The van der Waals surface area contributed by atoms with Crippen molar-refractivity contribution in [3.05, 3.63) is 59.9 Å². The van der Waals surface area contributed by atoms with Crippen LogP contribution in [0.4, 0.5) is 18.9 Å². The molecule has 0 atom stereocenters. The van der Waals surface area contributed by atoms with Gasteiger partial charge in [-0.05, 0) is 46.8 Å². The average Bonchev–Trinajstić information content (AvgIpc) is 3.02. The summed E-state index contributed by atoms with van der Waals surface area (Å²) in [5, 5.41) is 20.9. The maximum atomic E-state index is 12.7. The minimum atomic E-state index is -4.39. The number of anilines is 1. The molecule has 0 amide bonds. The van der Waals surface area contributed by atoms with E-state index in [1.54, 1.807) is 25.2 Å². The molecule has 1 N–H and O–H groups in total. The topological polar surface area (TPSA) is 67.1 Å². The lowest BCUT2D eigenvalue weighted by Crippen LogP contribution is -2.19. The molecule has 0 saturated carbocycles. The molecule has 1 heterocycles. The van der Waals surface area contributed by atoms with Gasteiger partial charge in [0.15, 0.2) is 5.82 Å². The van der Waals surface area contributed by atoms with Crippen molar-refractivity contribution in [2.75, 3.05) is 11.9 Å². The molecule has 0 bridgehead atoms. The Morgan fingerprint density at radius 1 is 1.12 bits per heavy atom. The van der Waals surface area contributed by atoms with Gasteiger partial charge in [-0.25, -0.2) is 0 Å². The summed E-state index contributed by atoms with van der Waals surface area (Å²) in [6, 6.07) is 11.3. The molecular formula is C16H14F3N5O. The molecule has 3 aromatic rings. The molecule has 130 valence electrons. The smallest absolute Gasteiger partial charge is 0.416 e. The van der Waals surface area contributed by atoms with Gasteiger partial charge in [0, 0.05) is 18.8 Å². The predicted molar refractivity (Wildman–Crippen MR) is 84.4 cm³/mol. The van der Waals surface area contributed by atoms with E-state index in [1.807, 2.05) is 11.0 Å². The van der Waals surface area contributed by atoms with Crippen LogP contribution in [0.3, 0.4) is 0 Å². The Balaban J connectivity index is 1.83. The van der Waals surface area contributed by atoms with Crippen molar-refractivity contribution in [2.45, 2.75) is 12.7 Å². The van der Waals surface area contributed by atoms with E-state index in [0.29, 0.717) is 18.1 Å². The largest absolute Gasteiger partial charge is 0.508 e. The van der Waals surface area contributed by atoms with Gasteiger partial charge < -0.3 is 10.0 Å². The number of halogens is 3. The third-order valence-electron chi connectivity index (χ3n) is 3.62. The van der Waals surface area contributed by atoms with Crippen molar-refractivity contribution in [2.24, 2.45) is 0 Å². The van der Waals surface area contributed by atoms with Crippen LogP contribution in [0.15, 0.2) is 48.5 Å². The van der Waals surface area contributed by atoms with E-state index in [4.69, 9.17) is 0 Å². The summed E-state index contributed by atoms with van der Waals surface area (Å²) in [6.07, 6.45) is -4.39. The Morgan fingerprint density at radius 2 is 1.84 bits per heavy atom. The van der Waals surface area contributed by atoms with Crippen molar-refractivity contribution in [3.8, 4) is 11.4 Å². The highest BCUT2D eigenvalue weighted by Crippen LogP contribution is 2.29. The van der Waals surface area contributed by atoms with Gasteiger partial charge in [0.2, 0.25) is 0 Å². The van der Waals surface area contributed by atoms with Crippen LogP contribution in [0.5, 0.6) is 5.75 Å². The van der Waals surface area contributed by atoms with Crippen molar-refractivity contribution < 1.29 is 18.3 Å². The first-order valence-electron chi connectivity index (χ1n) is 7.29. The van der Waals surface area contributed by atoms with Crippen LogP contribution in [0.1, 0.15) is 11.4 Å². The maximum absolute atomic E-state index is 12.7. The van der Waals surface area contributed by atoms with Gasteiger partial charge in [-0.1, -0.05) is 6.07 Å². The zero-order valence-corrected chi connectivity index (χ0v) is 13.1. The molecule has 0 saturated heterocycles. The minimum Gasteiger partial charge on any atom is -0.508 e. The van der Waals surface area contributed by atoms with Crippen LogP contribution < -0.4 is 4.90 Å². The van der Waals surface area contributed by atoms with Crippen molar-refractivity contribution in [3.63, 3.8) is 0 Å². The summed E-state index contributed by atoms with van der Waals surface area (Å²) in [5.74, 6) is 0.581. The van der Waals surface area contributed by atoms with Gasteiger partial charge in [0.05, 0.1) is 17.8 Å². The Labute approximate surface area is 141 Å². The molecule has 0 fully saturated rings. The fraction of sp³-hybridized carbons (Fsp3) is 0.188. The molecule has 0 aliphatic heterocycles. The Hall–Kier alpha value is -3.10. The Morgan fingerprint density at radius 3 is 2.48 bits per heavy atom. The van der Waals surface area contributed by atoms with E-state index in [1.165, 1.54) is 16.8 Å². The lowest BCUT2D eigenvalue weighted by molar-refractivity contribution is -0.137. The molecule has 0 spiro atoms. The quantitative estimate of drug-likeness (QED) is 0.784. The van der Waals surface area contributed by atoms with Gasteiger partial charge in [-0.2, -0.15) is 17.9 Å². The van der Waals surface area contributed by atoms with Crippen molar-refractivity contribution in [1.29, 1.82) is 0 Å². The van der Waals surface area contributed by atoms with E-state index < -0.39 is 11.7 Å². The first-order chi connectivity index (χ1) is 11.8. The van der Waals surface area contributed by atoms with Gasteiger partial charge in [-0.3, -0.25) is 0 Å². The summed E-state index contributed by atoms with van der Waals surface area (Å²) in [7, 11) is 1.79. The SMILES string of the molecule is CN(Cc1nnnn1-c1ccc(C(F)(F)F)cc1)c1cccc(O)c1. The maximum Gasteiger partial charge on any atom is 0.416 e. The second kappa shape index (κ2) is 6.42. The molecule has 0 aliphatic rings. The second-order valence-corrected chi connectivity index (χ2v) is 5.43. The normalized spacial score (nSPS) is 11.5. The van der Waals surface area contributed by atoms with Crippen LogP contribution in [-0.4, -0.2) is 32.4 Å². The molecule has 9 heteroatoms. The molecule has 2 aromatic carbocycles. The third-order valence-corrected chi connectivity index (χ3v) is 3.62. The lowest BCUT2D eigenvalue weighted by Gasteiger charge is -2.18. The van der Waals surface area contributed by atoms with Gasteiger partial charge in [0.25, 0.3) is 0 Å². The number of phenols is 1. The molecule has 0 unspecified atom stereocenters. The van der Waals surface area contributed by atoms with E-state index in [9.17, 15) is 18.3 Å². The molecule has 6 nitrogen and oxygen atoms in total. The highest BCUT2D eigenvalue weighted by atomic mass is 19.4. The minimum absolute atomic E-state index is 0.131. The summed E-state index contributed by atoms with van der Waals surface area (Å²) in [4.78, 5) is 1.81. The monoisotopic (exact) mass is 349 g/mol. The molecule has 0 aliphatic carbocycles. The molecule has 3 rings (SSSR count). The van der Waals surface area contributed by atoms with Crippen LogP contribution in [0.25, 0.3) is 5.69 Å². The first kappa shape index (κ1) is 16.7. The summed E-state index contributed by atoms with van der Waals surface area (Å²) >= 11 is 0. The van der Waals surface area contributed by atoms with Gasteiger partial charge in [0.1, 0.15) is 5.75 Å². The summed E-state index contributed by atoms with van der Waals surface area (Å²) in [5.41, 5.74) is 0.446. The Bertz CT molecular complexity index is 861. The fourth-order valence-electron chi connectivity index (χ4n) is 2.33. The zero-order valence-electron chi connectivity index (χ0n) is 13.1. The molecule has 0 radical (unpaired) electrons. The molecule has 1 aromatic heterocycles. The highest BCUT2D eigenvalue weighted by Gasteiger charge is 2.30. The van der Waals surface area contributed by atoms with E-state index in [0.717, 1.165) is 17.8 Å². The average molecular weight is 349 g/mol. The fourth-order valence-corrected chi connectivity index (χ4v) is 2.33. The lowest BCUT2D eigenvalue weighted by atomic mass is 10.2. The van der Waals surface area contributed by atoms with Crippen LogP contribution in [0, 0.1) is 0 Å². The number of tetrazole rings is 1. The number of rotatable bonds is 4. The number of nitrogens with zero attached hydrogens (tertiary/aromatic N) is 5. The van der Waals surface area contributed by atoms with E-state index in [2.05, 4.69) is 15.5 Å². The van der Waals surface area contributed by atoms with Crippen molar-refractivity contribution >= 4 is 5.69 Å². The summed E-state index contributed by atoms with van der Waals surface area (Å²) < 4.78 is 39.4. The van der Waals surface area contributed by atoms with E-state index in [-0.39, 0.29) is 5.75 Å². The standard InChI is InChI=1S/C16H14F3N5O/c1-23(13-3-2-4-14(25)9-13)10-15-20-21-22-24(15)12-7-5-11(6-8-12)16(17,18)19/h2-9,25H,10H2,1H3. The number of aromatic nitrogens is 4.